The molecule has 19 heavy (non-hydrogen) atoms. The van der Waals surface area contributed by atoms with E-state index in [1.807, 2.05) is 17.9 Å². The highest BCUT2D eigenvalue weighted by Gasteiger charge is 2.32. The number of hydrogen-bond donors (Lipinski definition) is 1. The van der Waals surface area contributed by atoms with E-state index < -0.39 is 0 Å². The fraction of sp³-hybridized carbons (Fsp3) is 0.533. The Morgan fingerprint density at radius 1 is 1.42 bits per heavy atom. The van der Waals surface area contributed by atoms with Gasteiger partial charge in [-0.1, -0.05) is 25.1 Å². The third kappa shape index (κ3) is 4.03. The lowest BCUT2D eigenvalue weighted by molar-refractivity contribution is -0.132. The molecular weight excluding hydrogens is 243 g/mol. The molecule has 1 aliphatic carbocycles. The number of halogens is 1. The summed E-state index contributed by atoms with van der Waals surface area (Å²) in [6, 6.07) is 7.00. The average molecular weight is 264 g/mol. The molecule has 1 amide bonds. The van der Waals surface area contributed by atoms with E-state index in [0.29, 0.717) is 31.1 Å². The van der Waals surface area contributed by atoms with Crippen molar-refractivity contribution in [2.24, 2.45) is 0 Å². The minimum atomic E-state index is -0.229. The standard InChI is InChI=1S/C15H21FN2O/c1-2-17-10-9-15(19)18(13-7-8-13)11-12-5-3-4-6-14(12)16/h3-6,13,17H,2,7-11H2,1H3. The van der Waals surface area contributed by atoms with E-state index in [9.17, 15) is 9.18 Å². The Balaban J connectivity index is 1.96. The van der Waals surface area contributed by atoms with Gasteiger partial charge in [0.05, 0.1) is 0 Å². The largest absolute Gasteiger partial charge is 0.335 e. The first-order chi connectivity index (χ1) is 9.22. The van der Waals surface area contributed by atoms with Crippen molar-refractivity contribution in [3.05, 3.63) is 35.6 Å². The molecule has 1 aromatic rings. The Morgan fingerprint density at radius 2 is 2.16 bits per heavy atom. The van der Waals surface area contributed by atoms with Crippen LogP contribution in [0.15, 0.2) is 24.3 Å². The minimum Gasteiger partial charge on any atom is -0.335 e. The fourth-order valence-corrected chi connectivity index (χ4v) is 2.13. The van der Waals surface area contributed by atoms with Crippen LogP contribution in [0.25, 0.3) is 0 Å². The molecule has 0 heterocycles. The third-order valence-corrected chi connectivity index (χ3v) is 3.37. The second kappa shape index (κ2) is 6.66. The van der Waals surface area contributed by atoms with Crippen molar-refractivity contribution < 1.29 is 9.18 Å². The van der Waals surface area contributed by atoms with Crippen molar-refractivity contribution in [1.82, 2.24) is 10.2 Å². The van der Waals surface area contributed by atoms with Crippen molar-refractivity contribution in [3.8, 4) is 0 Å². The maximum absolute atomic E-state index is 13.7. The zero-order valence-corrected chi connectivity index (χ0v) is 11.4. The average Bonchev–Trinajstić information content (AvgIpc) is 3.22. The summed E-state index contributed by atoms with van der Waals surface area (Å²) in [4.78, 5) is 14.0. The summed E-state index contributed by atoms with van der Waals surface area (Å²) in [5, 5.41) is 3.15. The number of benzene rings is 1. The number of amides is 1. The molecule has 1 saturated carbocycles. The molecule has 0 radical (unpaired) electrons. The molecule has 0 unspecified atom stereocenters. The lowest BCUT2D eigenvalue weighted by atomic mass is 10.2. The van der Waals surface area contributed by atoms with Gasteiger partial charge in [0.2, 0.25) is 5.91 Å². The topological polar surface area (TPSA) is 32.3 Å². The van der Waals surface area contributed by atoms with Crippen LogP contribution in [0.3, 0.4) is 0 Å². The molecule has 2 rings (SSSR count). The van der Waals surface area contributed by atoms with Gasteiger partial charge in [0.1, 0.15) is 5.82 Å². The van der Waals surface area contributed by atoms with Gasteiger partial charge in [-0.25, -0.2) is 4.39 Å². The molecule has 0 bridgehead atoms. The highest BCUT2D eigenvalue weighted by Crippen LogP contribution is 2.29. The van der Waals surface area contributed by atoms with E-state index in [4.69, 9.17) is 0 Å². The minimum absolute atomic E-state index is 0.117. The quantitative estimate of drug-likeness (QED) is 0.767. The number of nitrogens with one attached hydrogen (secondary N) is 1. The van der Waals surface area contributed by atoms with Crippen molar-refractivity contribution in [1.29, 1.82) is 0 Å². The van der Waals surface area contributed by atoms with Crippen molar-refractivity contribution in [2.75, 3.05) is 13.1 Å². The molecule has 0 aliphatic heterocycles. The fourth-order valence-electron chi connectivity index (χ4n) is 2.13. The van der Waals surface area contributed by atoms with Crippen LogP contribution in [-0.4, -0.2) is 29.9 Å². The van der Waals surface area contributed by atoms with Crippen LogP contribution < -0.4 is 5.32 Å². The molecule has 1 fully saturated rings. The second-order valence-corrected chi connectivity index (χ2v) is 4.95. The van der Waals surface area contributed by atoms with Crippen LogP contribution in [0.4, 0.5) is 4.39 Å². The highest BCUT2D eigenvalue weighted by atomic mass is 19.1. The van der Waals surface area contributed by atoms with Gasteiger partial charge in [-0.15, -0.1) is 0 Å². The second-order valence-electron chi connectivity index (χ2n) is 4.95. The van der Waals surface area contributed by atoms with Gasteiger partial charge < -0.3 is 10.2 Å². The van der Waals surface area contributed by atoms with E-state index in [1.165, 1.54) is 6.07 Å². The Kier molecular flexibility index (Phi) is 4.91. The summed E-state index contributed by atoms with van der Waals surface area (Å²) < 4.78 is 13.7. The van der Waals surface area contributed by atoms with Gasteiger partial charge >= 0.3 is 0 Å². The Hall–Kier alpha value is -1.42. The van der Waals surface area contributed by atoms with Crippen molar-refractivity contribution >= 4 is 5.91 Å². The van der Waals surface area contributed by atoms with E-state index in [2.05, 4.69) is 5.32 Å². The molecule has 3 nitrogen and oxygen atoms in total. The zero-order chi connectivity index (χ0) is 13.7. The maximum Gasteiger partial charge on any atom is 0.224 e. The smallest absolute Gasteiger partial charge is 0.224 e. The predicted molar refractivity (Wildman–Crippen MR) is 73.1 cm³/mol. The molecule has 104 valence electrons. The molecule has 1 N–H and O–H groups in total. The van der Waals surface area contributed by atoms with Gasteiger partial charge in [0, 0.05) is 31.1 Å². The monoisotopic (exact) mass is 264 g/mol. The van der Waals surface area contributed by atoms with E-state index in [1.54, 1.807) is 12.1 Å². The first-order valence-corrected chi connectivity index (χ1v) is 6.96. The SMILES string of the molecule is CCNCCC(=O)N(Cc1ccccc1F)C1CC1. The first-order valence-electron chi connectivity index (χ1n) is 6.96. The summed E-state index contributed by atoms with van der Waals surface area (Å²) >= 11 is 0. The summed E-state index contributed by atoms with van der Waals surface area (Å²) in [5.74, 6) is -0.112. The first kappa shape index (κ1) is 14.0. The van der Waals surface area contributed by atoms with E-state index >= 15 is 0 Å². The molecule has 1 aliphatic rings. The molecule has 0 aromatic heterocycles. The van der Waals surface area contributed by atoms with Crippen LogP contribution in [-0.2, 0) is 11.3 Å². The van der Waals surface area contributed by atoms with Gasteiger partial charge in [-0.05, 0) is 25.5 Å². The van der Waals surface area contributed by atoms with Crippen LogP contribution in [0.5, 0.6) is 0 Å². The number of carbonyl (C=O) groups excluding carboxylic acids is 1. The van der Waals surface area contributed by atoms with Crippen LogP contribution >= 0.6 is 0 Å². The number of nitrogens with zero attached hydrogens (tertiary/aromatic N) is 1. The maximum atomic E-state index is 13.7. The summed E-state index contributed by atoms with van der Waals surface area (Å²) in [6.45, 7) is 3.96. The van der Waals surface area contributed by atoms with Gasteiger partial charge in [0.15, 0.2) is 0 Å². The normalized spacial score (nSPS) is 14.4. The van der Waals surface area contributed by atoms with E-state index in [0.717, 1.165) is 19.4 Å². The zero-order valence-electron chi connectivity index (χ0n) is 11.4. The Bertz CT molecular complexity index is 432. The van der Waals surface area contributed by atoms with Gasteiger partial charge in [0.25, 0.3) is 0 Å². The van der Waals surface area contributed by atoms with E-state index in [-0.39, 0.29) is 11.7 Å². The molecular formula is C15H21FN2O. The predicted octanol–water partition coefficient (Wildman–Crippen LogP) is 2.32. The summed E-state index contributed by atoms with van der Waals surface area (Å²) in [7, 11) is 0. The number of carbonyl (C=O) groups is 1. The highest BCUT2D eigenvalue weighted by molar-refractivity contribution is 5.77. The van der Waals surface area contributed by atoms with Crippen LogP contribution in [0, 0.1) is 5.82 Å². The number of hydrogen-bond acceptors (Lipinski definition) is 2. The molecule has 0 spiro atoms. The van der Waals surface area contributed by atoms with Crippen molar-refractivity contribution in [2.45, 2.75) is 38.8 Å². The summed E-state index contributed by atoms with van der Waals surface area (Å²) in [6.07, 6.45) is 2.57. The molecule has 0 saturated heterocycles. The van der Waals surface area contributed by atoms with Gasteiger partial charge in [-0.3, -0.25) is 4.79 Å². The van der Waals surface area contributed by atoms with Crippen molar-refractivity contribution in [3.63, 3.8) is 0 Å². The lowest BCUT2D eigenvalue weighted by Gasteiger charge is -2.23. The molecule has 1 aromatic carbocycles. The third-order valence-electron chi connectivity index (χ3n) is 3.37. The molecule has 4 heteroatoms. The lowest BCUT2D eigenvalue weighted by Crippen LogP contribution is -2.34. The molecule has 0 atom stereocenters. The van der Waals surface area contributed by atoms with Crippen LogP contribution in [0.1, 0.15) is 31.7 Å². The van der Waals surface area contributed by atoms with Gasteiger partial charge in [-0.2, -0.15) is 0 Å². The Morgan fingerprint density at radius 3 is 2.79 bits per heavy atom. The van der Waals surface area contributed by atoms with Crippen LogP contribution in [0.2, 0.25) is 0 Å². The summed E-state index contributed by atoms with van der Waals surface area (Å²) in [5.41, 5.74) is 0.603. The Labute approximate surface area is 113 Å². The number of rotatable bonds is 7.